The van der Waals surface area contributed by atoms with E-state index in [9.17, 15) is 26.7 Å². The number of pyridine rings is 1. The lowest BCUT2D eigenvalue weighted by Crippen LogP contribution is -2.33. The fraction of sp³-hybridized carbons (Fsp3) is 0.261. The van der Waals surface area contributed by atoms with Crippen LogP contribution in [-0.2, 0) is 19.3 Å². The second-order valence-electron chi connectivity index (χ2n) is 8.01. The SMILES string of the molecule is O=c1nc(OCc2cc(F)c(Oc3ccnc(C(F)(F)F)c3)c(F)c2)cc2n1CC1CC=CCN21. The molecule has 3 aromatic rings. The minimum absolute atomic E-state index is 0.00839. The minimum Gasteiger partial charge on any atom is -0.473 e. The van der Waals surface area contributed by atoms with E-state index < -0.39 is 40.7 Å². The lowest BCUT2D eigenvalue weighted by Gasteiger charge is -2.26. The Balaban J connectivity index is 1.32. The molecule has 35 heavy (non-hydrogen) atoms. The number of fused-ring (bicyclic) bond motifs is 3. The van der Waals surface area contributed by atoms with Crippen molar-refractivity contribution >= 4 is 5.82 Å². The zero-order valence-electron chi connectivity index (χ0n) is 17.9. The molecule has 1 unspecified atom stereocenters. The van der Waals surface area contributed by atoms with Crippen LogP contribution in [0.15, 0.2) is 53.5 Å². The number of benzene rings is 1. The molecule has 0 bridgehead atoms. The standard InChI is InChI=1S/C23H17F5N4O3/c24-16-7-13(8-17(25)21(16)35-15-4-5-29-18(9-15)23(26,27)28)12-34-19-10-20-31-6-2-1-3-14(31)11-32(20)22(33)30-19/h1-2,4-5,7-10,14H,3,6,11-12H2. The largest absolute Gasteiger partial charge is 0.473 e. The third-order valence-electron chi connectivity index (χ3n) is 5.66. The van der Waals surface area contributed by atoms with Gasteiger partial charge < -0.3 is 14.4 Å². The van der Waals surface area contributed by atoms with Crippen LogP contribution in [0, 0.1) is 11.6 Å². The molecule has 0 saturated heterocycles. The monoisotopic (exact) mass is 492 g/mol. The number of anilines is 1. The maximum absolute atomic E-state index is 14.5. The van der Waals surface area contributed by atoms with Gasteiger partial charge in [-0.2, -0.15) is 18.2 Å². The summed E-state index contributed by atoms with van der Waals surface area (Å²) in [5, 5.41) is 0. The van der Waals surface area contributed by atoms with E-state index in [-0.39, 0.29) is 24.1 Å². The number of rotatable bonds is 5. The van der Waals surface area contributed by atoms with Gasteiger partial charge in [0.05, 0.1) is 6.04 Å². The van der Waals surface area contributed by atoms with Crippen LogP contribution in [0.2, 0.25) is 0 Å². The number of alkyl halides is 3. The van der Waals surface area contributed by atoms with Crippen molar-refractivity contribution in [2.24, 2.45) is 0 Å². The van der Waals surface area contributed by atoms with E-state index in [1.165, 1.54) is 0 Å². The average Bonchev–Trinajstić information content (AvgIpc) is 3.19. The summed E-state index contributed by atoms with van der Waals surface area (Å²) >= 11 is 0. The lowest BCUT2D eigenvalue weighted by atomic mass is 10.1. The highest BCUT2D eigenvalue weighted by Crippen LogP contribution is 2.34. The smallest absolute Gasteiger partial charge is 0.433 e. The molecule has 4 heterocycles. The van der Waals surface area contributed by atoms with E-state index in [0.717, 1.165) is 30.8 Å². The molecule has 5 rings (SSSR count). The number of ether oxygens (including phenoxy) is 2. The van der Waals surface area contributed by atoms with Gasteiger partial charge in [-0.05, 0) is 30.2 Å². The Kier molecular flexibility index (Phi) is 5.65. The molecule has 0 saturated carbocycles. The molecular formula is C23H17F5N4O3. The summed E-state index contributed by atoms with van der Waals surface area (Å²) in [6, 6.07) is 5.20. The molecule has 2 aromatic heterocycles. The number of nitrogens with zero attached hydrogens (tertiary/aromatic N) is 4. The molecule has 7 nitrogen and oxygen atoms in total. The predicted octanol–water partition coefficient (Wildman–Crippen LogP) is 4.46. The third-order valence-corrected chi connectivity index (χ3v) is 5.66. The summed E-state index contributed by atoms with van der Waals surface area (Å²) in [5.74, 6) is -2.91. The molecule has 2 aliphatic heterocycles. The van der Waals surface area contributed by atoms with Gasteiger partial charge >= 0.3 is 11.9 Å². The maximum atomic E-state index is 14.5. The zero-order valence-corrected chi connectivity index (χ0v) is 17.9. The summed E-state index contributed by atoms with van der Waals surface area (Å²) in [6.07, 6.45) is 0.954. The van der Waals surface area contributed by atoms with Crippen LogP contribution in [-0.4, -0.2) is 27.1 Å². The molecular weight excluding hydrogens is 475 g/mol. The van der Waals surface area contributed by atoms with Gasteiger partial charge in [0, 0.05) is 31.4 Å². The van der Waals surface area contributed by atoms with Crippen molar-refractivity contribution < 1.29 is 31.4 Å². The first-order valence-corrected chi connectivity index (χ1v) is 10.5. The normalized spacial score (nSPS) is 16.7. The number of halogens is 5. The highest BCUT2D eigenvalue weighted by Gasteiger charge is 2.33. The first kappa shape index (κ1) is 22.8. The average molecular weight is 492 g/mol. The summed E-state index contributed by atoms with van der Waals surface area (Å²) in [4.78, 5) is 21.5. The van der Waals surface area contributed by atoms with Crippen LogP contribution >= 0.6 is 0 Å². The van der Waals surface area contributed by atoms with Gasteiger partial charge in [-0.15, -0.1) is 0 Å². The van der Waals surface area contributed by atoms with Crippen LogP contribution in [0.4, 0.5) is 27.8 Å². The quantitative estimate of drug-likeness (QED) is 0.387. The Bertz CT molecular complexity index is 1350. The molecule has 182 valence electrons. The van der Waals surface area contributed by atoms with E-state index in [1.807, 2.05) is 6.08 Å². The van der Waals surface area contributed by atoms with Crippen molar-refractivity contribution in [2.45, 2.75) is 31.8 Å². The van der Waals surface area contributed by atoms with Crippen LogP contribution in [0.1, 0.15) is 17.7 Å². The van der Waals surface area contributed by atoms with Crippen LogP contribution in [0.3, 0.4) is 0 Å². The molecule has 0 aliphatic carbocycles. The molecule has 12 heteroatoms. The fourth-order valence-corrected chi connectivity index (χ4v) is 4.04. The number of hydrogen-bond donors (Lipinski definition) is 0. The van der Waals surface area contributed by atoms with Gasteiger partial charge in [0.15, 0.2) is 17.4 Å². The first-order chi connectivity index (χ1) is 16.7. The molecule has 0 fully saturated rings. The van der Waals surface area contributed by atoms with Gasteiger partial charge in [-0.1, -0.05) is 12.2 Å². The van der Waals surface area contributed by atoms with Crippen LogP contribution < -0.4 is 20.1 Å². The molecule has 0 amide bonds. The van der Waals surface area contributed by atoms with Crippen molar-refractivity contribution in [3.05, 3.63) is 82.1 Å². The first-order valence-electron chi connectivity index (χ1n) is 10.5. The van der Waals surface area contributed by atoms with E-state index in [1.54, 1.807) is 10.6 Å². The molecule has 1 aromatic carbocycles. The Morgan fingerprint density at radius 1 is 1.09 bits per heavy atom. The summed E-state index contributed by atoms with van der Waals surface area (Å²) in [7, 11) is 0. The Morgan fingerprint density at radius 2 is 1.86 bits per heavy atom. The minimum atomic E-state index is -4.74. The number of hydrogen-bond acceptors (Lipinski definition) is 6. The van der Waals surface area contributed by atoms with E-state index in [0.29, 0.717) is 25.0 Å². The van der Waals surface area contributed by atoms with E-state index in [2.05, 4.69) is 20.9 Å². The zero-order chi connectivity index (χ0) is 24.7. The maximum Gasteiger partial charge on any atom is 0.433 e. The summed E-state index contributed by atoms with van der Waals surface area (Å²) in [5.41, 5.74) is -1.67. The van der Waals surface area contributed by atoms with Gasteiger partial charge in [0.25, 0.3) is 0 Å². The molecule has 0 radical (unpaired) electrons. The van der Waals surface area contributed by atoms with Crippen molar-refractivity contribution in [3.63, 3.8) is 0 Å². The molecule has 2 aliphatic rings. The van der Waals surface area contributed by atoms with E-state index >= 15 is 0 Å². The molecule has 0 N–H and O–H groups in total. The Morgan fingerprint density at radius 3 is 2.60 bits per heavy atom. The van der Waals surface area contributed by atoms with Gasteiger partial charge in [-0.25, -0.2) is 13.6 Å². The van der Waals surface area contributed by atoms with Crippen LogP contribution in [0.5, 0.6) is 17.4 Å². The van der Waals surface area contributed by atoms with Gasteiger partial charge in [0.2, 0.25) is 5.88 Å². The second-order valence-corrected chi connectivity index (χ2v) is 8.01. The van der Waals surface area contributed by atoms with Gasteiger partial charge in [0.1, 0.15) is 23.9 Å². The summed E-state index contributed by atoms with van der Waals surface area (Å²) < 4.78 is 79.6. The van der Waals surface area contributed by atoms with E-state index in [4.69, 9.17) is 9.47 Å². The van der Waals surface area contributed by atoms with Crippen molar-refractivity contribution in [2.75, 3.05) is 11.4 Å². The molecule has 1 atom stereocenters. The highest BCUT2D eigenvalue weighted by atomic mass is 19.4. The summed E-state index contributed by atoms with van der Waals surface area (Å²) in [6.45, 7) is 0.861. The van der Waals surface area contributed by atoms with Crippen LogP contribution in [0.25, 0.3) is 0 Å². The number of aromatic nitrogens is 3. The topological polar surface area (TPSA) is 69.5 Å². The van der Waals surface area contributed by atoms with Crippen molar-refractivity contribution in [3.8, 4) is 17.4 Å². The Hall–Kier alpha value is -3.96. The van der Waals surface area contributed by atoms with Crippen molar-refractivity contribution in [1.29, 1.82) is 0 Å². The predicted molar refractivity (Wildman–Crippen MR) is 113 cm³/mol. The van der Waals surface area contributed by atoms with Crippen molar-refractivity contribution in [1.82, 2.24) is 14.5 Å². The van der Waals surface area contributed by atoms with Gasteiger partial charge in [-0.3, -0.25) is 9.55 Å². The second kappa shape index (κ2) is 8.67. The lowest BCUT2D eigenvalue weighted by molar-refractivity contribution is -0.141. The Labute approximate surface area is 195 Å². The molecule has 0 spiro atoms. The third kappa shape index (κ3) is 4.55. The highest BCUT2D eigenvalue weighted by molar-refractivity contribution is 5.49. The fourth-order valence-electron chi connectivity index (χ4n) is 4.04.